The Morgan fingerprint density at radius 1 is 1.13 bits per heavy atom. The van der Waals surface area contributed by atoms with E-state index in [4.69, 9.17) is 4.74 Å². The van der Waals surface area contributed by atoms with Crippen LogP contribution in [0.2, 0.25) is 0 Å². The molecule has 1 fully saturated rings. The SMILES string of the molecule is Cc1cc(Nc2cc3nc(-c4c(F)cccc4F)sc3cn2)nc(O[C@H]2CCNC2)c1. The van der Waals surface area contributed by atoms with Gasteiger partial charge in [0.1, 0.15) is 34.4 Å². The van der Waals surface area contributed by atoms with Gasteiger partial charge in [-0.05, 0) is 43.7 Å². The summed E-state index contributed by atoms with van der Waals surface area (Å²) < 4.78 is 35.0. The molecular weight excluding hydrogens is 420 g/mol. The number of pyridine rings is 2. The zero-order valence-electron chi connectivity index (χ0n) is 16.7. The van der Waals surface area contributed by atoms with Crippen LogP contribution in [0.15, 0.2) is 42.6 Å². The summed E-state index contributed by atoms with van der Waals surface area (Å²) in [4.78, 5) is 13.3. The van der Waals surface area contributed by atoms with Crippen LogP contribution in [0.25, 0.3) is 20.8 Å². The molecule has 1 atom stereocenters. The molecular formula is C22H19F2N5OS. The van der Waals surface area contributed by atoms with E-state index in [2.05, 4.69) is 25.6 Å². The lowest BCUT2D eigenvalue weighted by Gasteiger charge is -2.13. The highest BCUT2D eigenvalue weighted by molar-refractivity contribution is 7.21. The lowest BCUT2D eigenvalue weighted by atomic mass is 10.2. The van der Waals surface area contributed by atoms with Crippen LogP contribution in [-0.2, 0) is 0 Å². The second kappa shape index (κ2) is 8.16. The number of hydrogen-bond donors (Lipinski definition) is 2. The molecule has 158 valence electrons. The number of aryl methyl sites for hydroxylation is 1. The number of hydrogen-bond acceptors (Lipinski definition) is 7. The molecule has 6 nitrogen and oxygen atoms in total. The number of anilines is 2. The second-order valence-corrected chi connectivity index (χ2v) is 8.41. The van der Waals surface area contributed by atoms with Crippen molar-refractivity contribution in [3.8, 4) is 16.5 Å². The van der Waals surface area contributed by atoms with Gasteiger partial charge in [0, 0.05) is 24.9 Å². The molecule has 2 N–H and O–H groups in total. The van der Waals surface area contributed by atoms with E-state index < -0.39 is 11.6 Å². The zero-order valence-corrected chi connectivity index (χ0v) is 17.5. The molecule has 1 aliphatic rings. The fourth-order valence-corrected chi connectivity index (χ4v) is 4.47. The number of aromatic nitrogens is 3. The third-order valence-electron chi connectivity index (χ3n) is 4.96. The summed E-state index contributed by atoms with van der Waals surface area (Å²) in [5.41, 5.74) is 1.48. The molecule has 31 heavy (non-hydrogen) atoms. The molecule has 4 heterocycles. The highest BCUT2D eigenvalue weighted by Crippen LogP contribution is 2.34. The quantitative estimate of drug-likeness (QED) is 0.464. The molecule has 3 aromatic heterocycles. The van der Waals surface area contributed by atoms with Gasteiger partial charge in [0.15, 0.2) is 0 Å². The second-order valence-electron chi connectivity index (χ2n) is 7.38. The van der Waals surface area contributed by atoms with Crippen LogP contribution in [0.1, 0.15) is 12.0 Å². The van der Waals surface area contributed by atoms with Crippen molar-refractivity contribution in [2.45, 2.75) is 19.4 Å². The number of thiazole rings is 1. The molecule has 0 spiro atoms. The van der Waals surface area contributed by atoms with Crippen LogP contribution in [-0.4, -0.2) is 34.1 Å². The van der Waals surface area contributed by atoms with Crippen molar-refractivity contribution in [2.75, 3.05) is 18.4 Å². The minimum atomic E-state index is -0.640. The lowest BCUT2D eigenvalue weighted by Crippen LogP contribution is -2.20. The van der Waals surface area contributed by atoms with E-state index in [1.54, 1.807) is 12.3 Å². The molecule has 4 aromatic rings. The van der Waals surface area contributed by atoms with Crippen molar-refractivity contribution in [3.05, 3.63) is 59.8 Å². The number of ether oxygens (including phenoxy) is 1. The van der Waals surface area contributed by atoms with Gasteiger partial charge in [-0.25, -0.2) is 18.7 Å². The topological polar surface area (TPSA) is 72.0 Å². The Balaban J connectivity index is 1.41. The highest BCUT2D eigenvalue weighted by Gasteiger charge is 2.18. The van der Waals surface area contributed by atoms with Gasteiger partial charge < -0.3 is 15.4 Å². The molecule has 0 amide bonds. The van der Waals surface area contributed by atoms with Gasteiger partial charge in [0.25, 0.3) is 0 Å². The van der Waals surface area contributed by atoms with E-state index in [1.165, 1.54) is 29.5 Å². The van der Waals surface area contributed by atoms with Crippen LogP contribution in [0.3, 0.4) is 0 Å². The average Bonchev–Trinajstić information content (AvgIpc) is 3.36. The maximum atomic E-state index is 14.1. The van der Waals surface area contributed by atoms with Gasteiger partial charge in [-0.2, -0.15) is 4.98 Å². The normalized spacial score (nSPS) is 16.0. The van der Waals surface area contributed by atoms with Gasteiger partial charge in [-0.1, -0.05) is 6.07 Å². The zero-order chi connectivity index (χ0) is 21.4. The first-order chi connectivity index (χ1) is 15.0. The summed E-state index contributed by atoms with van der Waals surface area (Å²) in [6, 6.07) is 9.31. The molecule has 0 saturated carbocycles. The predicted octanol–water partition coefficient (Wildman–Crippen LogP) is 4.82. The largest absolute Gasteiger partial charge is 0.473 e. The highest BCUT2D eigenvalue weighted by atomic mass is 32.1. The van der Waals surface area contributed by atoms with Gasteiger partial charge in [0.2, 0.25) is 5.88 Å². The minimum absolute atomic E-state index is 0.115. The van der Waals surface area contributed by atoms with Gasteiger partial charge in [0.05, 0.1) is 15.8 Å². The summed E-state index contributed by atoms with van der Waals surface area (Å²) in [7, 11) is 0. The Morgan fingerprint density at radius 3 is 2.74 bits per heavy atom. The number of nitrogens with one attached hydrogen (secondary N) is 2. The predicted molar refractivity (Wildman–Crippen MR) is 117 cm³/mol. The number of halogens is 2. The Hall–Kier alpha value is -3.17. The van der Waals surface area contributed by atoms with Crippen molar-refractivity contribution in [1.29, 1.82) is 0 Å². The van der Waals surface area contributed by atoms with Crippen molar-refractivity contribution in [3.63, 3.8) is 0 Å². The Bertz CT molecular complexity index is 1240. The van der Waals surface area contributed by atoms with Crippen LogP contribution < -0.4 is 15.4 Å². The standard InChI is InChI=1S/C22H19F2N5OS/c1-12-7-19(29-20(8-12)30-13-5-6-25-10-13)28-18-9-16-17(11-26-18)31-22(27-16)21-14(23)3-2-4-15(21)24/h2-4,7-9,11,13,25H,5-6,10H2,1H3,(H,26,28,29)/t13-/m0/s1. The smallest absolute Gasteiger partial charge is 0.215 e. The third-order valence-corrected chi connectivity index (χ3v) is 5.98. The van der Waals surface area contributed by atoms with Crippen LogP contribution in [0, 0.1) is 18.6 Å². The van der Waals surface area contributed by atoms with E-state index >= 15 is 0 Å². The van der Waals surface area contributed by atoms with Crippen molar-refractivity contribution in [2.24, 2.45) is 0 Å². The number of fused-ring (bicyclic) bond motifs is 1. The molecule has 1 saturated heterocycles. The summed E-state index contributed by atoms with van der Waals surface area (Å²) in [5.74, 6) is 0.412. The Morgan fingerprint density at radius 2 is 1.97 bits per heavy atom. The molecule has 5 rings (SSSR count). The summed E-state index contributed by atoms with van der Waals surface area (Å²) in [5, 5.41) is 6.72. The number of benzene rings is 1. The van der Waals surface area contributed by atoms with E-state index in [9.17, 15) is 8.78 Å². The van der Waals surface area contributed by atoms with Crippen LogP contribution in [0.4, 0.5) is 20.4 Å². The summed E-state index contributed by atoms with van der Waals surface area (Å²) in [6.07, 6.45) is 2.70. The molecule has 1 aromatic carbocycles. The fraction of sp³-hybridized carbons (Fsp3) is 0.227. The van der Waals surface area contributed by atoms with E-state index in [-0.39, 0.29) is 16.7 Å². The maximum Gasteiger partial charge on any atom is 0.215 e. The fourth-order valence-electron chi connectivity index (χ4n) is 3.50. The van der Waals surface area contributed by atoms with Gasteiger partial charge in [-0.3, -0.25) is 0 Å². The van der Waals surface area contributed by atoms with Crippen molar-refractivity contribution in [1.82, 2.24) is 20.3 Å². The van der Waals surface area contributed by atoms with Crippen LogP contribution in [0.5, 0.6) is 5.88 Å². The molecule has 0 aliphatic carbocycles. The minimum Gasteiger partial charge on any atom is -0.473 e. The third kappa shape index (κ3) is 4.19. The Kier molecular flexibility index (Phi) is 5.21. The summed E-state index contributed by atoms with van der Waals surface area (Å²) in [6.45, 7) is 3.72. The van der Waals surface area contributed by atoms with E-state index in [0.29, 0.717) is 23.0 Å². The molecule has 0 unspecified atom stereocenters. The number of nitrogens with zero attached hydrogens (tertiary/aromatic N) is 3. The molecule has 0 radical (unpaired) electrons. The molecule has 1 aliphatic heterocycles. The van der Waals surface area contributed by atoms with Gasteiger partial charge >= 0.3 is 0 Å². The first-order valence-corrected chi connectivity index (χ1v) is 10.7. The maximum absolute atomic E-state index is 14.1. The molecule has 0 bridgehead atoms. The van der Waals surface area contributed by atoms with E-state index in [1.807, 2.05) is 19.1 Å². The van der Waals surface area contributed by atoms with E-state index in [0.717, 1.165) is 29.8 Å². The summed E-state index contributed by atoms with van der Waals surface area (Å²) >= 11 is 1.19. The monoisotopic (exact) mass is 439 g/mol. The Labute approximate surface area is 181 Å². The van der Waals surface area contributed by atoms with Crippen LogP contribution >= 0.6 is 11.3 Å². The molecule has 9 heteroatoms. The average molecular weight is 439 g/mol. The van der Waals surface area contributed by atoms with Crippen molar-refractivity contribution < 1.29 is 13.5 Å². The van der Waals surface area contributed by atoms with Crippen molar-refractivity contribution >= 4 is 33.2 Å². The van der Waals surface area contributed by atoms with Gasteiger partial charge in [-0.15, -0.1) is 11.3 Å². The first kappa shape index (κ1) is 19.8. The number of rotatable bonds is 5. The lowest BCUT2D eigenvalue weighted by molar-refractivity contribution is 0.214. The first-order valence-electron chi connectivity index (χ1n) is 9.89.